The van der Waals surface area contributed by atoms with Gasteiger partial charge in [-0.15, -0.1) is 0 Å². The van der Waals surface area contributed by atoms with Crippen LogP contribution in [0.15, 0.2) is 36.4 Å². The number of nitrogens with zero attached hydrogens (tertiary/aromatic N) is 2. The summed E-state index contributed by atoms with van der Waals surface area (Å²) >= 11 is 0. The van der Waals surface area contributed by atoms with E-state index in [0.29, 0.717) is 60.9 Å². The van der Waals surface area contributed by atoms with Crippen molar-refractivity contribution in [3.63, 3.8) is 0 Å². The van der Waals surface area contributed by atoms with Crippen LogP contribution in [0.4, 0.5) is 11.4 Å². The van der Waals surface area contributed by atoms with Crippen molar-refractivity contribution in [1.82, 2.24) is 4.90 Å². The number of rotatable bonds is 4. The highest BCUT2D eigenvalue weighted by Gasteiger charge is 2.35. The van der Waals surface area contributed by atoms with Gasteiger partial charge in [-0.3, -0.25) is 19.7 Å². The van der Waals surface area contributed by atoms with E-state index in [1.54, 1.807) is 25.1 Å². The second kappa shape index (κ2) is 8.63. The fourth-order valence-corrected chi connectivity index (χ4v) is 3.91. The van der Waals surface area contributed by atoms with Gasteiger partial charge in [0.05, 0.1) is 18.1 Å². The van der Waals surface area contributed by atoms with Gasteiger partial charge in [0.2, 0.25) is 5.91 Å². The van der Waals surface area contributed by atoms with Gasteiger partial charge in [0.15, 0.2) is 11.5 Å². The van der Waals surface area contributed by atoms with Crippen molar-refractivity contribution < 1.29 is 24.0 Å². The molecule has 0 saturated carbocycles. The number of carbonyl (C=O) groups excluding carboxylic acids is 2. The summed E-state index contributed by atoms with van der Waals surface area (Å²) in [6.45, 7) is 3.17. The van der Waals surface area contributed by atoms with Crippen LogP contribution in [0.3, 0.4) is 0 Å². The third-order valence-electron chi connectivity index (χ3n) is 5.47. The summed E-state index contributed by atoms with van der Waals surface area (Å²) < 4.78 is 11.3. The largest absolute Gasteiger partial charge is 0.490 e. The molecule has 9 heteroatoms. The van der Waals surface area contributed by atoms with Crippen LogP contribution in [-0.2, 0) is 4.79 Å². The topological polar surface area (TPSA) is 111 Å². The number of ether oxygens (including phenoxy) is 2. The van der Waals surface area contributed by atoms with Crippen LogP contribution in [0, 0.1) is 17.0 Å². The first-order valence-electron chi connectivity index (χ1n) is 10.2. The van der Waals surface area contributed by atoms with Crippen LogP contribution in [0.1, 0.15) is 35.2 Å². The molecule has 1 unspecified atom stereocenters. The Hall–Kier alpha value is -3.62. The van der Waals surface area contributed by atoms with Crippen LogP contribution in [0.5, 0.6) is 11.5 Å². The van der Waals surface area contributed by atoms with Gasteiger partial charge in [0.1, 0.15) is 6.04 Å². The Balaban J connectivity index is 1.48. The van der Waals surface area contributed by atoms with Crippen molar-refractivity contribution in [3.8, 4) is 11.5 Å². The van der Waals surface area contributed by atoms with Gasteiger partial charge >= 0.3 is 0 Å². The molecule has 4 rings (SSSR count). The van der Waals surface area contributed by atoms with Gasteiger partial charge in [-0.05, 0) is 44.0 Å². The van der Waals surface area contributed by atoms with E-state index in [4.69, 9.17) is 9.47 Å². The number of hydrogen-bond donors (Lipinski definition) is 1. The molecule has 2 aromatic rings. The number of nitrogens with one attached hydrogen (secondary N) is 1. The molecule has 0 bridgehead atoms. The second-order valence-corrected chi connectivity index (χ2v) is 7.62. The molecule has 1 saturated heterocycles. The zero-order chi connectivity index (χ0) is 22.0. The molecular formula is C22H23N3O6. The van der Waals surface area contributed by atoms with Gasteiger partial charge in [-0.1, -0.05) is 0 Å². The number of benzene rings is 2. The minimum absolute atomic E-state index is 0.0401. The molecule has 31 heavy (non-hydrogen) atoms. The van der Waals surface area contributed by atoms with E-state index in [1.807, 2.05) is 0 Å². The molecule has 1 N–H and O–H groups in total. The van der Waals surface area contributed by atoms with Gasteiger partial charge in [0, 0.05) is 41.9 Å². The zero-order valence-electron chi connectivity index (χ0n) is 17.1. The van der Waals surface area contributed by atoms with Crippen molar-refractivity contribution in [2.24, 2.45) is 0 Å². The third-order valence-corrected chi connectivity index (χ3v) is 5.47. The molecular weight excluding hydrogens is 402 g/mol. The molecule has 0 radical (unpaired) electrons. The second-order valence-electron chi connectivity index (χ2n) is 7.62. The summed E-state index contributed by atoms with van der Waals surface area (Å²) in [5.41, 5.74) is 1.27. The van der Waals surface area contributed by atoms with E-state index < -0.39 is 11.0 Å². The molecule has 0 aliphatic carbocycles. The third kappa shape index (κ3) is 4.30. The average molecular weight is 425 g/mol. The number of carbonyl (C=O) groups is 2. The van der Waals surface area contributed by atoms with Crippen LogP contribution < -0.4 is 14.8 Å². The Morgan fingerprint density at radius 3 is 2.61 bits per heavy atom. The Labute approximate surface area is 179 Å². The monoisotopic (exact) mass is 425 g/mol. The van der Waals surface area contributed by atoms with E-state index in [2.05, 4.69) is 5.32 Å². The van der Waals surface area contributed by atoms with Crippen molar-refractivity contribution in [2.75, 3.05) is 25.1 Å². The van der Waals surface area contributed by atoms with Crippen molar-refractivity contribution in [3.05, 3.63) is 57.6 Å². The average Bonchev–Trinajstić information content (AvgIpc) is 3.12. The van der Waals surface area contributed by atoms with Crippen LogP contribution in [0.2, 0.25) is 0 Å². The first-order valence-corrected chi connectivity index (χ1v) is 10.2. The Kier molecular flexibility index (Phi) is 5.75. The van der Waals surface area contributed by atoms with Gasteiger partial charge in [0.25, 0.3) is 11.6 Å². The summed E-state index contributed by atoms with van der Waals surface area (Å²) in [7, 11) is 0. The predicted molar refractivity (Wildman–Crippen MR) is 113 cm³/mol. The lowest BCUT2D eigenvalue weighted by atomic mass is 10.1. The van der Waals surface area contributed by atoms with E-state index in [1.165, 1.54) is 23.1 Å². The van der Waals surface area contributed by atoms with Gasteiger partial charge in [-0.25, -0.2) is 0 Å². The minimum atomic E-state index is -0.612. The minimum Gasteiger partial charge on any atom is -0.490 e. The maximum absolute atomic E-state index is 13.0. The number of anilines is 1. The zero-order valence-corrected chi connectivity index (χ0v) is 17.1. The van der Waals surface area contributed by atoms with Gasteiger partial charge < -0.3 is 19.7 Å². The first kappa shape index (κ1) is 20.6. The lowest BCUT2D eigenvalue weighted by molar-refractivity contribution is -0.385. The first-order chi connectivity index (χ1) is 14.9. The van der Waals surface area contributed by atoms with Crippen molar-refractivity contribution in [2.45, 2.75) is 32.2 Å². The summed E-state index contributed by atoms with van der Waals surface area (Å²) in [6, 6.07) is 8.87. The molecule has 162 valence electrons. The van der Waals surface area contributed by atoms with E-state index in [9.17, 15) is 19.7 Å². The number of amides is 2. The number of likely N-dealkylation sites (tertiary alicyclic amines) is 1. The molecule has 2 aliphatic heterocycles. The van der Waals surface area contributed by atoms with E-state index >= 15 is 0 Å². The highest BCUT2D eigenvalue weighted by atomic mass is 16.6. The molecule has 1 fully saturated rings. The maximum Gasteiger partial charge on any atom is 0.272 e. The predicted octanol–water partition coefficient (Wildman–Crippen LogP) is 3.31. The van der Waals surface area contributed by atoms with Crippen LogP contribution >= 0.6 is 0 Å². The molecule has 2 heterocycles. The molecule has 0 aromatic heterocycles. The fourth-order valence-electron chi connectivity index (χ4n) is 3.91. The highest BCUT2D eigenvalue weighted by Crippen LogP contribution is 2.33. The number of nitro groups is 1. The van der Waals surface area contributed by atoms with Crippen molar-refractivity contribution in [1.29, 1.82) is 0 Å². The molecule has 0 spiro atoms. The lowest BCUT2D eigenvalue weighted by Crippen LogP contribution is -2.43. The van der Waals surface area contributed by atoms with Gasteiger partial charge in [-0.2, -0.15) is 0 Å². The summed E-state index contributed by atoms with van der Waals surface area (Å²) in [5, 5.41) is 13.9. The van der Waals surface area contributed by atoms with E-state index in [0.717, 1.165) is 6.42 Å². The number of aryl methyl sites for hydroxylation is 1. The standard InChI is InChI=1S/C22H23N3O6/c1-14-12-15(5-7-17(14)25(28)29)22(27)24-9-2-4-18(24)21(26)23-16-6-8-19-20(13-16)31-11-3-10-30-19/h5-8,12-13,18H,2-4,9-11H2,1H3,(H,23,26). The Bertz CT molecular complexity index is 1040. The highest BCUT2D eigenvalue weighted by molar-refractivity contribution is 6.01. The van der Waals surface area contributed by atoms with Crippen molar-refractivity contribution >= 4 is 23.2 Å². The Morgan fingerprint density at radius 1 is 1.10 bits per heavy atom. The fraction of sp³-hybridized carbons (Fsp3) is 0.364. The smallest absolute Gasteiger partial charge is 0.272 e. The summed E-state index contributed by atoms with van der Waals surface area (Å²) in [4.78, 5) is 38.0. The normalized spacial score (nSPS) is 17.7. The SMILES string of the molecule is Cc1cc(C(=O)N2CCCC2C(=O)Nc2ccc3c(c2)OCCCO3)ccc1[N+](=O)[O-]. The quantitative estimate of drug-likeness (QED) is 0.594. The molecule has 9 nitrogen and oxygen atoms in total. The number of fused-ring (bicyclic) bond motifs is 1. The maximum atomic E-state index is 13.0. The molecule has 2 amide bonds. The van der Waals surface area contributed by atoms with Crippen LogP contribution in [-0.4, -0.2) is 47.4 Å². The number of hydrogen-bond acceptors (Lipinski definition) is 6. The Morgan fingerprint density at radius 2 is 1.87 bits per heavy atom. The summed E-state index contributed by atoms with van der Waals surface area (Å²) in [6.07, 6.45) is 2.04. The van der Waals surface area contributed by atoms with E-state index in [-0.39, 0.29) is 17.5 Å². The lowest BCUT2D eigenvalue weighted by Gasteiger charge is -2.24. The summed E-state index contributed by atoms with van der Waals surface area (Å²) in [5.74, 6) is 0.631. The molecule has 2 aliphatic rings. The molecule has 1 atom stereocenters. The number of nitro benzene ring substituents is 1. The molecule has 2 aromatic carbocycles. The van der Waals surface area contributed by atoms with Crippen LogP contribution in [0.25, 0.3) is 0 Å².